The first-order valence-corrected chi connectivity index (χ1v) is 4.54. The molecular formula is C12H26. The fourth-order valence-electron chi connectivity index (χ4n) is 0. The first-order chi connectivity index (χ1) is 5.68. The maximum absolute atomic E-state index is 3.56. The zero-order valence-electron chi connectivity index (χ0n) is 9.78. The van der Waals surface area contributed by atoms with E-state index >= 15 is 0 Å². The Morgan fingerprint density at radius 1 is 1.00 bits per heavy atom. The van der Waals surface area contributed by atoms with Gasteiger partial charge in [0.1, 0.15) is 0 Å². The molecule has 0 nitrogen and oxygen atoms in total. The third kappa shape index (κ3) is 419. The summed E-state index contributed by atoms with van der Waals surface area (Å²) in [6.45, 7) is 22.2. The van der Waals surface area contributed by atoms with Crippen molar-refractivity contribution in [3.8, 4) is 0 Å². The van der Waals surface area contributed by atoms with E-state index in [9.17, 15) is 0 Å². The molecular weight excluding hydrogens is 144 g/mol. The van der Waals surface area contributed by atoms with Crippen molar-refractivity contribution >= 4 is 0 Å². The van der Waals surface area contributed by atoms with Crippen molar-refractivity contribution in [2.45, 2.75) is 41.5 Å². The Kier molecular flexibility index (Phi) is 91.4. The highest BCUT2D eigenvalue weighted by Gasteiger charge is 1.59. The molecule has 0 heteroatoms. The van der Waals surface area contributed by atoms with Gasteiger partial charge in [0, 0.05) is 0 Å². The lowest BCUT2D eigenvalue weighted by atomic mass is 10.4. The van der Waals surface area contributed by atoms with Crippen LogP contribution in [0.15, 0.2) is 37.5 Å². The quantitative estimate of drug-likeness (QED) is 0.384. The second-order valence-corrected chi connectivity index (χ2v) is 1.46. The van der Waals surface area contributed by atoms with E-state index in [4.69, 9.17) is 0 Å². The van der Waals surface area contributed by atoms with Gasteiger partial charge < -0.3 is 0 Å². The molecule has 0 aromatic heterocycles. The molecule has 0 atom stereocenters. The monoisotopic (exact) mass is 170 g/mol. The molecule has 0 aliphatic rings. The molecule has 0 unspecified atom stereocenters. The molecule has 0 saturated heterocycles. The normalized spacial score (nSPS) is 4.83. The second kappa shape index (κ2) is 48.8. The Bertz CT molecular complexity index is 78.0. The van der Waals surface area contributed by atoms with Crippen LogP contribution in [-0.4, -0.2) is 0 Å². The summed E-state index contributed by atoms with van der Waals surface area (Å²) in [4.78, 5) is 0. The van der Waals surface area contributed by atoms with Gasteiger partial charge in [0.15, 0.2) is 0 Å². The van der Waals surface area contributed by atoms with Gasteiger partial charge in [-0.1, -0.05) is 58.6 Å². The largest absolute Gasteiger partial charge is 0.103 e. The van der Waals surface area contributed by atoms with Crippen molar-refractivity contribution in [1.82, 2.24) is 0 Å². The number of hydrogen-bond donors (Lipinski definition) is 0. The van der Waals surface area contributed by atoms with E-state index in [1.165, 1.54) is 0 Å². The molecule has 0 radical (unpaired) electrons. The fourth-order valence-corrected chi connectivity index (χ4v) is 0. The highest BCUT2D eigenvalue weighted by molar-refractivity contribution is 5.05. The van der Waals surface area contributed by atoms with E-state index in [1.807, 2.05) is 41.5 Å². The van der Waals surface area contributed by atoms with Gasteiger partial charge in [-0.05, 0) is 13.8 Å². The van der Waals surface area contributed by atoms with E-state index in [2.05, 4.69) is 19.7 Å². The molecule has 0 bridgehead atoms. The zero-order chi connectivity index (χ0) is 11.0. The van der Waals surface area contributed by atoms with Crippen molar-refractivity contribution in [3.63, 3.8) is 0 Å². The second-order valence-electron chi connectivity index (χ2n) is 1.46. The summed E-state index contributed by atoms with van der Waals surface area (Å²) in [6.07, 6.45) is 3.47. The summed E-state index contributed by atoms with van der Waals surface area (Å²) in [5.74, 6) is 0. The third-order valence-corrected chi connectivity index (χ3v) is 0.348. The highest BCUT2D eigenvalue weighted by atomic mass is 13.7. The van der Waals surface area contributed by atoms with Gasteiger partial charge in [0.25, 0.3) is 0 Å². The Morgan fingerprint density at radius 2 is 1.08 bits per heavy atom. The van der Waals surface area contributed by atoms with Crippen LogP contribution >= 0.6 is 0 Å². The van der Waals surface area contributed by atoms with Crippen LogP contribution in [0.5, 0.6) is 0 Å². The first kappa shape index (κ1) is 22.5. The summed E-state index contributed by atoms with van der Waals surface area (Å²) < 4.78 is 0. The lowest BCUT2D eigenvalue weighted by molar-refractivity contribution is 1.50. The van der Waals surface area contributed by atoms with E-state index < -0.39 is 0 Å². The molecule has 0 fully saturated rings. The van der Waals surface area contributed by atoms with Crippen molar-refractivity contribution in [2.24, 2.45) is 0 Å². The third-order valence-electron chi connectivity index (χ3n) is 0.348. The maximum Gasteiger partial charge on any atom is -0.0404 e. The topological polar surface area (TPSA) is 0 Å². The predicted octanol–water partition coefficient (Wildman–Crippen LogP) is 4.99. The number of allylic oxidation sites excluding steroid dienone is 3. The summed E-state index contributed by atoms with van der Waals surface area (Å²) in [5.41, 5.74) is 1.02. The minimum atomic E-state index is 1.02. The summed E-state index contributed by atoms with van der Waals surface area (Å²) >= 11 is 0. The smallest absolute Gasteiger partial charge is 0.0404 e. The van der Waals surface area contributed by atoms with Gasteiger partial charge in [-0.25, -0.2) is 0 Å². The molecule has 0 aromatic carbocycles. The molecule has 0 aliphatic carbocycles. The van der Waals surface area contributed by atoms with E-state index in [1.54, 1.807) is 12.2 Å². The maximum atomic E-state index is 3.56. The molecule has 74 valence electrons. The van der Waals surface area contributed by atoms with Crippen LogP contribution in [0.3, 0.4) is 0 Å². The predicted molar refractivity (Wildman–Crippen MR) is 63.6 cm³/mol. The zero-order valence-corrected chi connectivity index (χ0v) is 9.78. The minimum Gasteiger partial charge on any atom is -0.103 e. The molecule has 0 N–H and O–H groups in total. The van der Waals surface area contributed by atoms with Crippen LogP contribution < -0.4 is 0 Å². The lowest BCUT2D eigenvalue weighted by Gasteiger charge is -1.71. The summed E-state index contributed by atoms with van der Waals surface area (Å²) in [5, 5.41) is 0. The van der Waals surface area contributed by atoms with Crippen LogP contribution in [0, 0.1) is 0 Å². The van der Waals surface area contributed by atoms with Crippen molar-refractivity contribution in [1.29, 1.82) is 0 Å². The highest BCUT2D eigenvalue weighted by Crippen LogP contribution is 1.81. The molecule has 0 saturated carbocycles. The fraction of sp³-hybridized carbons (Fsp3) is 0.500. The van der Waals surface area contributed by atoms with Crippen LogP contribution in [0.1, 0.15) is 41.5 Å². The van der Waals surface area contributed by atoms with Gasteiger partial charge in [0.05, 0.1) is 0 Å². The Balaban J connectivity index is -0.0000000397. The molecule has 12 heavy (non-hydrogen) atoms. The lowest BCUT2D eigenvalue weighted by Crippen LogP contribution is -1.50. The minimum absolute atomic E-state index is 1.02. The van der Waals surface area contributed by atoms with Crippen molar-refractivity contribution < 1.29 is 0 Å². The van der Waals surface area contributed by atoms with Crippen LogP contribution in [0.2, 0.25) is 0 Å². The average Bonchev–Trinajstić information content (AvgIpc) is 2.13. The van der Waals surface area contributed by atoms with Gasteiger partial charge in [-0.2, -0.15) is 0 Å². The number of hydrogen-bond acceptors (Lipinski definition) is 0. The molecule has 0 heterocycles. The molecule has 0 spiro atoms. The number of rotatable bonds is 1. The van der Waals surface area contributed by atoms with Crippen LogP contribution in [0.25, 0.3) is 0 Å². The Morgan fingerprint density at radius 3 is 1.08 bits per heavy atom. The van der Waals surface area contributed by atoms with Crippen LogP contribution in [0.4, 0.5) is 0 Å². The molecule has 0 aliphatic heterocycles. The van der Waals surface area contributed by atoms with Gasteiger partial charge >= 0.3 is 0 Å². The molecule has 0 rings (SSSR count). The van der Waals surface area contributed by atoms with Crippen molar-refractivity contribution in [2.75, 3.05) is 0 Å². The SMILES string of the molecule is C=CC.C=CC(=C)C.CC.CC. The standard InChI is InChI=1S/C5H8.C3H6.2C2H6/c1-4-5(2)3;1-3-2;2*1-2/h4H,1-2H2,3H3;3H,1H2,2H3;2*1-2H3. The Hall–Kier alpha value is -0.780. The first-order valence-electron chi connectivity index (χ1n) is 4.54. The van der Waals surface area contributed by atoms with Gasteiger partial charge in [0.2, 0.25) is 0 Å². The summed E-state index contributed by atoms with van der Waals surface area (Å²) in [6, 6.07) is 0. The van der Waals surface area contributed by atoms with Gasteiger partial charge in [-0.3, -0.25) is 0 Å². The van der Waals surface area contributed by atoms with Crippen molar-refractivity contribution in [3.05, 3.63) is 37.5 Å². The Labute approximate surface area is 79.7 Å². The molecule has 0 amide bonds. The van der Waals surface area contributed by atoms with Crippen LogP contribution in [-0.2, 0) is 0 Å². The average molecular weight is 170 g/mol. The van der Waals surface area contributed by atoms with Gasteiger partial charge in [-0.15, -0.1) is 6.58 Å². The van der Waals surface area contributed by atoms with E-state index in [-0.39, 0.29) is 0 Å². The van der Waals surface area contributed by atoms with E-state index in [0.29, 0.717) is 0 Å². The summed E-state index contributed by atoms with van der Waals surface area (Å²) in [7, 11) is 0. The van der Waals surface area contributed by atoms with E-state index in [0.717, 1.165) is 5.57 Å². The molecule has 0 aromatic rings.